The molecule has 1 aliphatic rings. The van der Waals surface area contributed by atoms with Gasteiger partial charge in [-0.1, -0.05) is 18.2 Å². The average molecular weight is 276 g/mol. The van der Waals surface area contributed by atoms with Crippen LogP contribution in [0.2, 0.25) is 0 Å². The molecule has 108 valence electrons. The molecule has 1 fully saturated rings. The van der Waals surface area contributed by atoms with Crippen molar-refractivity contribution in [1.82, 2.24) is 0 Å². The van der Waals surface area contributed by atoms with Crippen LogP contribution in [0.25, 0.3) is 0 Å². The van der Waals surface area contributed by atoms with E-state index in [1.807, 2.05) is 13.0 Å². The Kier molecular flexibility index (Phi) is 4.42. The summed E-state index contributed by atoms with van der Waals surface area (Å²) in [4.78, 5) is 24.2. The fourth-order valence-electron chi connectivity index (χ4n) is 2.62. The molecule has 0 saturated heterocycles. The third kappa shape index (κ3) is 2.84. The summed E-state index contributed by atoms with van der Waals surface area (Å²) < 4.78 is 10.7. The zero-order valence-corrected chi connectivity index (χ0v) is 11.9. The first-order chi connectivity index (χ1) is 9.58. The Morgan fingerprint density at radius 1 is 1.30 bits per heavy atom. The van der Waals surface area contributed by atoms with E-state index in [2.05, 4.69) is 0 Å². The molecule has 0 amide bonds. The Balaban J connectivity index is 2.08. The molecule has 0 N–H and O–H groups in total. The largest absolute Gasteiger partial charge is 0.465 e. The van der Waals surface area contributed by atoms with E-state index in [-0.39, 0.29) is 11.9 Å². The maximum Gasteiger partial charge on any atom is 0.338 e. The molecule has 0 aromatic heterocycles. The summed E-state index contributed by atoms with van der Waals surface area (Å²) in [6.45, 7) is 3.94. The van der Waals surface area contributed by atoms with Crippen LogP contribution in [0.3, 0.4) is 0 Å². The van der Waals surface area contributed by atoms with Gasteiger partial charge in [-0.05, 0) is 45.2 Å². The Morgan fingerprint density at radius 2 is 2.00 bits per heavy atom. The minimum Gasteiger partial charge on any atom is -0.465 e. The average Bonchev–Trinajstić information content (AvgIpc) is 2.83. The Hall–Kier alpha value is -1.84. The second-order valence-electron chi connectivity index (χ2n) is 5.29. The van der Waals surface area contributed by atoms with Gasteiger partial charge in [0, 0.05) is 0 Å². The lowest BCUT2D eigenvalue weighted by Crippen LogP contribution is -2.39. The zero-order chi connectivity index (χ0) is 14.6. The van der Waals surface area contributed by atoms with E-state index in [4.69, 9.17) is 9.47 Å². The van der Waals surface area contributed by atoms with Gasteiger partial charge in [-0.2, -0.15) is 0 Å². The van der Waals surface area contributed by atoms with E-state index in [0.29, 0.717) is 25.0 Å². The van der Waals surface area contributed by atoms with Crippen molar-refractivity contribution in [1.29, 1.82) is 0 Å². The first kappa shape index (κ1) is 14.6. The fraction of sp³-hybridized carbons (Fsp3) is 0.500. The van der Waals surface area contributed by atoms with Crippen LogP contribution in [0.15, 0.2) is 30.3 Å². The van der Waals surface area contributed by atoms with Gasteiger partial charge in [-0.3, -0.25) is 4.79 Å². The molecule has 1 saturated carbocycles. The third-order valence-electron chi connectivity index (χ3n) is 3.87. The monoisotopic (exact) mass is 276 g/mol. The van der Waals surface area contributed by atoms with Crippen molar-refractivity contribution < 1.29 is 19.1 Å². The van der Waals surface area contributed by atoms with Crippen molar-refractivity contribution in [3.63, 3.8) is 0 Å². The number of carbonyl (C=O) groups is 2. The van der Waals surface area contributed by atoms with Crippen LogP contribution in [0.5, 0.6) is 0 Å². The van der Waals surface area contributed by atoms with Gasteiger partial charge < -0.3 is 9.47 Å². The quantitative estimate of drug-likeness (QED) is 0.793. The van der Waals surface area contributed by atoms with Gasteiger partial charge in [0.1, 0.15) is 11.5 Å². The first-order valence-electron chi connectivity index (χ1n) is 7.01. The number of carbonyl (C=O) groups excluding carboxylic acids is 2. The lowest BCUT2D eigenvalue weighted by atomic mass is 9.86. The van der Waals surface area contributed by atoms with E-state index < -0.39 is 11.5 Å². The number of hydrogen-bond acceptors (Lipinski definition) is 4. The predicted octanol–water partition coefficient (Wildman–Crippen LogP) is 2.97. The van der Waals surface area contributed by atoms with Gasteiger partial charge in [-0.25, -0.2) is 4.79 Å². The van der Waals surface area contributed by atoms with Crippen molar-refractivity contribution in [2.75, 3.05) is 6.61 Å². The highest BCUT2D eigenvalue weighted by Crippen LogP contribution is 2.41. The van der Waals surface area contributed by atoms with Crippen molar-refractivity contribution in [3.8, 4) is 0 Å². The van der Waals surface area contributed by atoms with Gasteiger partial charge in [0.2, 0.25) is 0 Å². The van der Waals surface area contributed by atoms with Crippen LogP contribution in [0.1, 0.15) is 43.5 Å². The van der Waals surface area contributed by atoms with Gasteiger partial charge in [0.15, 0.2) is 0 Å². The molecule has 2 rings (SSSR count). The van der Waals surface area contributed by atoms with Crippen molar-refractivity contribution >= 4 is 11.9 Å². The molecule has 4 heteroatoms. The molecular formula is C16H20O4. The first-order valence-corrected chi connectivity index (χ1v) is 7.01. The summed E-state index contributed by atoms with van der Waals surface area (Å²) in [6, 6.07) is 8.83. The van der Waals surface area contributed by atoms with Crippen LogP contribution in [0, 0.1) is 5.41 Å². The maximum atomic E-state index is 12.1. The lowest BCUT2D eigenvalue weighted by molar-refractivity contribution is -0.159. The van der Waals surface area contributed by atoms with Crippen LogP contribution >= 0.6 is 0 Å². The van der Waals surface area contributed by atoms with Crippen LogP contribution in [0.4, 0.5) is 0 Å². The van der Waals surface area contributed by atoms with E-state index in [1.54, 1.807) is 31.2 Å². The summed E-state index contributed by atoms with van der Waals surface area (Å²) in [5.74, 6) is -0.656. The number of benzene rings is 1. The summed E-state index contributed by atoms with van der Waals surface area (Å²) in [6.07, 6.45) is 1.85. The van der Waals surface area contributed by atoms with E-state index >= 15 is 0 Å². The highest BCUT2D eigenvalue weighted by Gasteiger charge is 2.48. The zero-order valence-electron chi connectivity index (χ0n) is 11.9. The molecule has 0 spiro atoms. The van der Waals surface area contributed by atoms with Crippen molar-refractivity contribution in [2.24, 2.45) is 5.41 Å². The summed E-state index contributed by atoms with van der Waals surface area (Å²) in [5, 5.41) is 0. The molecular weight excluding hydrogens is 256 g/mol. The fourth-order valence-corrected chi connectivity index (χ4v) is 2.62. The molecule has 0 aliphatic heterocycles. The second-order valence-corrected chi connectivity index (χ2v) is 5.29. The molecule has 1 aromatic carbocycles. The van der Waals surface area contributed by atoms with E-state index in [1.165, 1.54) is 0 Å². The molecule has 2 atom stereocenters. The van der Waals surface area contributed by atoms with Crippen molar-refractivity contribution in [2.45, 2.75) is 39.2 Å². The number of hydrogen-bond donors (Lipinski definition) is 0. The third-order valence-corrected chi connectivity index (χ3v) is 3.87. The molecule has 4 nitrogen and oxygen atoms in total. The minimum absolute atomic E-state index is 0.275. The molecule has 1 aliphatic carbocycles. The highest BCUT2D eigenvalue weighted by molar-refractivity contribution is 5.90. The normalized spacial score (nSPS) is 25.2. The Morgan fingerprint density at radius 3 is 2.65 bits per heavy atom. The summed E-state index contributed by atoms with van der Waals surface area (Å²) >= 11 is 0. The standard InChI is InChI=1S/C16H20O4/c1-3-19-15(18)16(2)11-7-10-13(16)20-14(17)12-8-5-4-6-9-12/h4-6,8-9,13H,3,7,10-11H2,1-2H3. The topological polar surface area (TPSA) is 52.6 Å². The second kappa shape index (κ2) is 6.07. The van der Waals surface area contributed by atoms with Crippen LogP contribution in [-0.4, -0.2) is 24.6 Å². The molecule has 2 unspecified atom stereocenters. The molecule has 0 bridgehead atoms. The van der Waals surface area contributed by atoms with Crippen molar-refractivity contribution in [3.05, 3.63) is 35.9 Å². The predicted molar refractivity (Wildman–Crippen MR) is 74.2 cm³/mol. The van der Waals surface area contributed by atoms with Crippen LogP contribution < -0.4 is 0 Å². The van der Waals surface area contributed by atoms with Gasteiger partial charge in [-0.15, -0.1) is 0 Å². The molecule has 20 heavy (non-hydrogen) atoms. The maximum absolute atomic E-state index is 12.1. The Labute approximate surface area is 119 Å². The minimum atomic E-state index is -0.722. The van der Waals surface area contributed by atoms with Gasteiger partial charge in [0.05, 0.1) is 12.2 Å². The van der Waals surface area contributed by atoms with E-state index in [0.717, 1.165) is 6.42 Å². The van der Waals surface area contributed by atoms with Gasteiger partial charge in [0.25, 0.3) is 0 Å². The van der Waals surface area contributed by atoms with E-state index in [9.17, 15) is 9.59 Å². The number of rotatable bonds is 4. The molecule has 0 heterocycles. The Bertz CT molecular complexity index is 483. The lowest BCUT2D eigenvalue weighted by Gasteiger charge is -2.28. The molecule has 0 radical (unpaired) electrons. The van der Waals surface area contributed by atoms with Crippen LogP contribution in [-0.2, 0) is 14.3 Å². The summed E-state index contributed by atoms with van der Waals surface area (Å²) in [5.41, 5.74) is -0.217. The number of esters is 2. The SMILES string of the molecule is CCOC(=O)C1(C)CCCC1OC(=O)c1ccccc1. The highest BCUT2D eigenvalue weighted by atomic mass is 16.6. The number of ether oxygens (including phenoxy) is 2. The molecule has 1 aromatic rings. The summed E-state index contributed by atoms with van der Waals surface area (Å²) in [7, 11) is 0. The van der Waals surface area contributed by atoms with Gasteiger partial charge >= 0.3 is 11.9 Å². The smallest absolute Gasteiger partial charge is 0.338 e.